The summed E-state index contributed by atoms with van der Waals surface area (Å²) in [6.07, 6.45) is -2.95. The van der Waals surface area contributed by atoms with Gasteiger partial charge in [0.05, 0.1) is 23.9 Å². The van der Waals surface area contributed by atoms with E-state index in [0.29, 0.717) is 43.1 Å². The van der Waals surface area contributed by atoms with Crippen molar-refractivity contribution in [3.05, 3.63) is 77.1 Å². The van der Waals surface area contributed by atoms with Gasteiger partial charge in [0, 0.05) is 49.3 Å². The second-order valence-electron chi connectivity index (χ2n) is 8.15. The van der Waals surface area contributed by atoms with Crippen molar-refractivity contribution in [1.29, 1.82) is 5.26 Å². The summed E-state index contributed by atoms with van der Waals surface area (Å²) in [5.74, 6) is -0.883. The Hall–Kier alpha value is -4.46. The molecule has 2 N–H and O–H groups in total. The van der Waals surface area contributed by atoms with E-state index in [1.54, 1.807) is 29.2 Å². The molecule has 0 unspecified atom stereocenters. The number of esters is 1. The Balaban J connectivity index is 1.44. The van der Waals surface area contributed by atoms with E-state index < -0.39 is 17.7 Å². The van der Waals surface area contributed by atoms with Gasteiger partial charge in [0.15, 0.2) is 5.69 Å². The number of halogens is 3. The fourth-order valence-electron chi connectivity index (χ4n) is 4.09. The lowest BCUT2D eigenvalue weighted by atomic mass is 10.1. The van der Waals surface area contributed by atoms with Crippen LogP contribution in [0.3, 0.4) is 0 Å². The normalized spacial score (nSPS) is 13.9. The van der Waals surface area contributed by atoms with Crippen LogP contribution in [-0.2, 0) is 10.9 Å². The van der Waals surface area contributed by atoms with Crippen molar-refractivity contribution >= 4 is 23.3 Å². The molecule has 2 heterocycles. The highest BCUT2D eigenvalue weighted by atomic mass is 19.4. The van der Waals surface area contributed by atoms with Crippen LogP contribution in [-0.4, -0.2) is 54.6 Å². The first-order valence-corrected chi connectivity index (χ1v) is 10.9. The van der Waals surface area contributed by atoms with Gasteiger partial charge in [-0.2, -0.15) is 18.4 Å². The Kier molecular flexibility index (Phi) is 6.61. The summed E-state index contributed by atoms with van der Waals surface area (Å²) < 4.78 is 44.6. The number of rotatable bonds is 4. The summed E-state index contributed by atoms with van der Waals surface area (Å²) in [4.78, 5) is 28.8. The topological polar surface area (TPSA) is 105 Å². The Morgan fingerprint density at radius 2 is 1.56 bits per heavy atom. The number of aromatic nitrogens is 1. The standard InChI is InChI=1S/C25H22F3N5O3/c1-36-24(35)22-21(30)17(14-29)15-33(22)20-6-2-16(3-7-20)23(34)32-12-10-31(11-13-32)19-8-4-18(5-9-19)25(26,27)28/h2-9,15H,10-13,30H2,1H3. The number of carbonyl (C=O) groups is 2. The molecule has 0 aliphatic carbocycles. The average Bonchev–Trinajstić information content (AvgIpc) is 3.23. The van der Waals surface area contributed by atoms with E-state index in [-0.39, 0.29) is 22.9 Å². The van der Waals surface area contributed by atoms with E-state index in [9.17, 15) is 28.0 Å². The van der Waals surface area contributed by atoms with Gasteiger partial charge >= 0.3 is 12.1 Å². The van der Waals surface area contributed by atoms with E-state index >= 15 is 0 Å². The molecule has 1 fully saturated rings. The van der Waals surface area contributed by atoms with Crippen molar-refractivity contribution in [2.45, 2.75) is 6.18 Å². The minimum atomic E-state index is -4.38. The molecule has 1 aliphatic rings. The smallest absolute Gasteiger partial charge is 0.416 e. The molecular weight excluding hydrogens is 475 g/mol. The first kappa shape index (κ1) is 24.7. The number of amides is 1. The van der Waals surface area contributed by atoms with Crippen molar-refractivity contribution in [3.63, 3.8) is 0 Å². The minimum Gasteiger partial charge on any atom is -0.464 e. The molecule has 1 aliphatic heterocycles. The van der Waals surface area contributed by atoms with Crippen molar-refractivity contribution < 1.29 is 27.5 Å². The highest BCUT2D eigenvalue weighted by Crippen LogP contribution is 2.31. The number of carbonyl (C=O) groups excluding carboxylic acids is 2. The first-order valence-electron chi connectivity index (χ1n) is 10.9. The number of piperazine rings is 1. The molecule has 1 aromatic heterocycles. The van der Waals surface area contributed by atoms with Gasteiger partial charge in [-0.15, -0.1) is 0 Å². The highest BCUT2D eigenvalue weighted by Gasteiger charge is 2.30. The SMILES string of the molecule is COC(=O)c1c(N)c(C#N)cn1-c1ccc(C(=O)N2CCN(c3ccc(C(F)(F)F)cc3)CC2)cc1. The van der Waals surface area contributed by atoms with Crippen molar-refractivity contribution in [2.75, 3.05) is 43.9 Å². The molecule has 1 amide bonds. The second-order valence-corrected chi connectivity index (χ2v) is 8.15. The molecule has 8 nitrogen and oxygen atoms in total. The first-order chi connectivity index (χ1) is 17.1. The van der Waals surface area contributed by atoms with Gasteiger partial charge in [-0.1, -0.05) is 0 Å². The van der Waals surface area contributed by atoms with E-state index in [2.05, 4.69) is 0 Å². The predicted octanol–water partition coefficient (Wildman–Crippen LogP) is 3.70. The monoisotopic (exact) mass is 497 g/mol. The van der Waals surface area contributed by atoms with Crippen LogP contribution in [0.15, 0.2) is 54.7 Å². The zero-order valence-corrected chi connectivity index (χ0v) is 19.2. The number of nitrogens with two attached hydrogens (primary N) is 1. The molecule has 1 saturated heterocycles. The Bertz CT molecular complexity index is 1320. The van der Waals surface area contributed by atoms with Gasteiger partial charge in [-0.05, 0) is 48.5 Å². The van der Waals surface area contributed by atoms with Gasteiger partial charge in [-0.3, -0.25) is 4.79 Å². The maximum Gasteiger partial charge on any atom is 0.416 e. The third-order valence-electron chi connectivity index (χ3n) is 6.06. The van der Waals surface area contributed by atoms with Gasteiger partial charge in [0.25, 0.3) is 5.91 Å². The van der Waals surface area contributed by atoms with Crippen LogP contribution >= 0.6 is 0 Å². The molecule has 36 heavy (non-hydrogen) atoms. The van der Waals surface area contributed by atoms with E-state index in [0.717, 1.165) is 12.1 Å². The van der Waals surface area contributed by atoms with Crippen LogP contribution in [0.4, 0.5) is 24.5 Å². The van der Waals surface area contributed by atoms with Crippen molar-refractivity contribution in [1.82, 2.24) is 9.47 Å². The van der Waals surface area contributed by atoms with Crippen molar-refractivity contribution in [2.24, 2.45) is 0 Å². The molecular formula is C25H22F3N5O3. The highest BCUT2D eigenvalue weighted by molar-refractivity contribution is 5.96. The maximum absolute atomic E-state index is 13.0. The largest absolute Gasteiger partial charge is 0.464 e. The molecule has 0 bridgehead atoms. The fraction of sp³-hybridized carbons (Fsp3) is 0.240. The minimum absolute atomic E-state index is 0.00965. The molecule has 4 rings (SSSR count). The molecule has 3 aromatic rings. The van der Waals surface area contributed by atoms with Crippen LogP contribution in [0.25, 0.3) is 5.69 Å². The molecule has 186 valence electrons. The molecule has 0 saturated carbocycles. The van der Waals surface area contributed by atoms with E-state index in [1.807, 2.05) is 11.0 Å². The number of alkyl halides is 3. The molecule has 0 spiro atoms. The average molecular weight is 497 g/mol. The summed E-state index contributed by atoms with van der Waals surface area (Å²) in [6, 6.07) is 13.4. The lowest BCUT2D eigenvalue weighted by molar-refractivity contribution is -0.137. The number of nitrogens with zero attached hydrogens (tertiary/aromatic N) is 4. The zero-order chi connectivity index (χ0) is 26.0. The van der Waals surface area contributed by atoms with Crippen molar-refractivity contribution in [3.8, 4) is 11.8 Å². The van der Waals surface area contributed by atoms with Crippen LogP contribution in [0, 0.1) is 11.3 Å². The number of ether oxygens (including phenoxy) is 1. The fourth-order valence-corrected chi connectivity index (χ4v) is 4.09. The predicted molar refractivity (Wildman–Crippen MR) is 126 cm³/mol. The number of nitriles is 1. The number of hydrogen-bond acceptors (Lipinski definition) is 6. The maximum atomic E-state index is 13.0. The summed E-state index contributed by atoms with van der Waals surface area (Å²) in [5, 5.41) is 9.26. The van der Waals surface area contributed by atoms with Gasteiger partial charge in [0.2, 0.25) is 0 Å². The lowest BCUT2D eigenvalue weighted by Gasteiger charge is -2.36. The quantitative estimate of drug-likeness (QED) is 0.552. The number of hydrogen-bond donors (Lipinski definition) is 1. The summed E-state index contributed by atoms with van der Waals surface area (Å²) in [6.45, 7) is 1.79. The number of benzene rings is 2. The molecule has 2 aromatic carbocycles. The second kappa shape index (κ2) is 9.65. The Morgan fingerprint density at radius 3 is 2.08 bits per heavy atom. The number of anilines is 2. The third-order valence-corrected chi connectivity index (χ3v) is 6.06. The van der Waals surface area contributed by atoms with Gasteiger partial charge in [0.1, 0.15) is 6.07 Å². The lowest BCUT2D eigenvalue weighted by Crippen LogP contribution is -2.48. The number of nitrogen functional groups attached to an aromatic ring is 1. The summed E-state index contributed by atoms with van der Waals surface area (Å²) in [5.41, 5.74) is 7.00. The Labute approximate surface area is 204 Å². The van der Waals surface area contributed by atoms with E-state index in [1.165, 1.54) is 30.0 Å². The van der Waals surface area contributed by atoms with Crippen LogP contribution in [0.5, 0.6) is 0 Å². The molecule has 0 atom stereocenters. The molecule has 0 radical (unpaired) electrons. The van der Waals surface area contributed by atoms with E-state index in [4.69, 9.17) is 10.5 Å². The third kappa shape index (κ3) is 4.70. The van der Waals surface area contributed by atoms with Crippen LogP contribution in [0.2, 0.25) is 0 Å². The summed E-state index contributed by atoms with van der Waals surface area (Å²) in [7, 11) is 1.21. The summed E-state index contributed by atoms with van der Waals surface area (Å²) >= 11 is 0. The van der Waals surface area contributed by atoms with Gasteiger partial charge < -0.3 is 24.8 Å². The van der Waals surface area contributed by atoms with Gasteiger partial charge in [-0.25, -0.2) is 4.79 Å². The Morgan fingerprint density at radius 1 is 0.972 bits per heavy atom. The molecule has 11 heteroatoms. The number of methoxy groups -OCH3 is 1. The van der Waals surface area contributed by atoms with Crippen LogP contribution < -0.4 is 10.6 Å². The zero-order valence-electron chi connectivity index (χ0n) is 19.2. The van der Waals surface area contributed by atoms with Crippen LogP contribution in [0.1, 0.15) is 32.0 Å².